The Kier molecular flexibility index (Phi) is 2.50. The van der Waals surface area contributed by atoms with Crippen molar-refractivity contribution in [2.75, 3.05) is 6.61 Å². The monoisotopic (exact) mass is 172 g/mol. The number of halogens is 1. The van der Waals surface area contributed by atoms with Crippen molar-refractivity contribution in [1.29, 1.82) is 0 Å². The second-order valence-electron chi connectivity index (χ2n) is 2.38. The molecule has 66 valence electrons. The Morgan fingerprint density at radius 3 is 2.42 bits per heavy atom. The molecule has 1 aromatic rings. The highest BCUT2D eigenvalue weighted by atomic mass is 19.1. The van der Waals surface area contributed by atoms with Crippen molar-refractivity contribution < 1.29 is 19.7 Å². The van der Waals surface area contributed by atoms with Gasteiger partial charge in [-0.25, -0.2) is 4.39 Å². The minimum Gasteiger partial charge on any atom is -0.504 e. The van der Waals surface area contributed by atoms with Crippen LogP contribution in [0.15, 0.2) is 12.1 Å². The van der Waals surface area contributed by atoms with Gasteiger partial charge in [-0.1, -0.05) is 6.07 Å². The molecule has 0 radical (unpaired) electrons. The van der Waals surface area contributed by atoms with Crippen molar-refractivity contribution in [1.82, 2.24) is 0 Å². The normalized spacial score (nSPS) is 10.2. The van der Waals surface area contributed by atoms with Crippen molar-refractivity contribution in [3.63, 3.8) is 0 Å². The Balaban J connectivity index is 3.08. The summed E-state index contributed by atoms with van der Waals surface area (Å²) < 4.78 is 12.5. The second-order valence-corrected chi connectivity index (χ2v) is 2.38. The van der Waals surface area contributed by atoms with Gasteiger partial charge in [0.05, 0.1) is 0 Å². The minimum absolute atomic E-state index is 0.154. The number of hydrogen-bond donors (Lipinski definition) is 3. The number of aromatic hydroxyl groups is 2. The number of rotatable bonds is 2. The van der Waals surface area contributed by atoms with Crippen LogP contribution in [0.4, 0.5) is 4.39 Å². The van der Waals surface area contributed by atoms with Crippen LogP contribution in [0.25, 0.3) is 0 Å². The van der Waals surface area contributed by atoms with Crippen molar-refractivity contribution in [2.24, 2.45) is 0 Å². The van der Waals surface area contributed by atoms with Gasteiger partial charge in [-0.2, -0.15) is 0 Å². The third kappa shape index (κ3) is 1.48. The first-order valence-electron chi connectivity index (χ1n) is 3.47. The first-order chi connectivity index (χ1) is 5.66. The van der Waals surface area contributed by atoms with Gasteiger partial charge in [0.25, 0.3) is 0 Å². The Labute approximate surface area is 68.7 Å². The molecule has 0 spiro atoms. The molecule has 0 aliphatic carbocycles. The summed E-state index contributed by atoms with van der Waals surface area (Å²) in [6.45, 7) is -0.154. The molecule has 1 aromatic carbocycles. The Bertz CT molecular complexity index is 286. The molecule has 0 atom stereocenters. The summed E-state index contributed by atoms with van der Waals surface area (Å²) in [6.07, 6.45) is 0.194. The van der Waals surface area contributed by atoms with E-state index in [1.165, 1.54) is 6.07 Å². The predicted octanol–water partition coefficient (Wildman–Crippen LogP) is 0.772. The van der Waals surface area contributed by atoms with Crippen molar-refractivity contribution in [2.45, 2.75) is 6.42 Å². The van der Waals surface area contributed by atoms with E-state index in [1.807, 2.05) is 0 Å². The van der Waals surface area contributed by atoms with Crippen LogP contribution in [-0.4, -0.2) is 21.9 Å². The molecule has 0 fully saturated rings. The van der Waals surface area contributed by atoms with E-state index in [0.29, 0.717) is 5.56 Å². The van der Waals surface area contributed by atoms with Crippen LogP contribution in [0.3, 0.4) is 0 Å². The lowest BCUT2D eigenvalue weighted by atomic mass is 10.1. The summed E-state index contributed by atoms with van der Waals surface area (Å²) in [5.74, 6) is -2.13. The van der Waals surface area contributed by atoms with Gasteiger partial charge in [0.15, 0.2) is 17.3 Å². The number of phenols is 2. The molecule has 4 heteroatoms. The molecule has 0 unspecified atom stereocenters. The highest BCUT2D eigenvalue weighted by Gasteiger charge is 2.10. The van der Waals surface area contributed by atoms with E-state index in [1.54, 1.807) is 0 Å². The van der Waals surface area contributed by atoms with E-state index in [4.69, 9.17) is 15.3 Å². The lowest BCUT2D eigenvalue weighted by Gasteiger charge is -2.04. The summed E-state index contributed by atoms with van der Waals surface area (Å²) in [5.41, 5.74) is 0.330. The van der Waals surface area contributed by atoms with Crippen molar-refractivity contribution in [3.05, 3.63) is 23.5 Å². The molecule has 3 nitrogen and oxygen atoms in total. The fraction of sp³-hybridized carbons (Fsp3) is 0.250. The van der Waals surface area contributed by atoms with E-state index in [-0.39, 0.29) is 13.0 Å². The molecule has 0 aliphatic heterocycles. The number of benzene rings is 1. The van der Waals surface area contributed by atoms with Crippen molar-refractivity contribution >= 4 is 0 Å². The first kappa shape index (κ1) is 8.80. The van der Waals surface area contributed by atoms with Gasteiger partial charge in [-0.3, -0.25) is 0 Å². The minimum atomic E-state index is -0.866. The fourth-order valence-electron chi connectivity index (χ4n) is 0.919. The molecular weight excluding hydrogens is 163 g/mol. The van der Waals surface area contributed by atoms with E-state index in [9.17, 15) is 4.39 Å². The highest BCUT2D eigenvalue weighted by Crippen LogP contribution is 2.31. The van der Waals surface area contributed by atoms with Crippen LogP contribution in [0, 0.1) is 5.82 Å². The molecule has 1 rings (SSSR count). The molecule has 0 aromatic heterocycles. The molecule has 3 N–H and O–H groups in total. The van der Waals surface area contributed by atoms with Gasteiger partial charge in [0.1, 0.15) is 0 Å². The Morgan fingerprint density at radius 1 is 1.17 bits per heavy atom. The molecule has 0 aliphatic rings. The van der Waals surface area contributed by atoms with Gasteiger partial charge in [-0.15, -0.1) is 0 Å². The van der Waals surface area contributed by atoms with Gasteiger partial charge < -0.3 is 15.3 Å². The van der Waals surface area contributed by atoms with Gasteiger partial charge >= 0.3 is 0 Å². The SMILES string of the molecule is OCCc1ccc(F)c(O)c1O. The zero-order valence-corrected chi connectivity index (χ0v) is 6.29. The van der Waals surface area contributed by atoms with Gasteiger partial charge in [0, 0.05) is 12.2 Å². The molecule has 0 amide bonds. The van der Waals surface area contributed by atoms with Crippen LogP contribution < -0.4 is 0 Å². The standard InChI is InChI=1S/C8H9FO3/c9-6-2-1-5(3-4-10)7(11)8(6)12/h1-2,10-12H,3-4H2. The number of aliphatic hydroxyl groups excluding tert-OH is 1. The highest BCUT2D eigenvalue weighted by molar-refractivity contribution is 5.45. The first-order valence-corrected chi connectivity index (χ1v) is 3.47. The maximum absolute atomic E-state index is 12.5. The smallest absolute Gasteiger partial charge is 0.194 e. The van der Waals surface area contributed by atoms with Crippen LogP contribution in [0.1, 0.15) is 5.56 Å². The molecule has 0 bridgehead atoms. The van der Waals surface area contributed by atoms with E-state index < -0.39 is 17.3 Å². The topological polar surface area (TPSA) is 60.7 Å². The van der Waals surface area contributed by atoms with Crippen LogP contribution in [0.2, 0.25) is 0 Å². The number of hydrogen-bond acceptors (Lipinski definition) is 3. The van der Waals surface area contributed by atoms with E-state index in [2.05, 4.69) is 0 Å². The number of aliphatic hydroxyl groups is 1. The average molecular weight is 172 g/mol. The summed E-state index contributed by atoms with van der Waals surface area (Å²) in [4.78, 5) is 0. The zero-order valence-electron chi connectivity index (χ0n) is 6.29. The predicted molar refractivity (Wildman–Crippen MR) is 40.5 cm³/mol. The lowest BCUT2D eigenvalue weighted by molar-refractivity contribution is 0.296. The summed E-state index contributed by atoms with van der Waals surface area (Å²) in [7, 11) is 0. The second kappa shape index (κ2) is 3.40. The third-order valence-electron chi connectivity index (χ3n) is 1.57. The zero-order chi connectivity index (χ0) is 9.14. The molecule has 0 saturated carbocycles. The average Bonchev–Trinajstić information content (AvgIpc) is 2.07. The summed E-state index contributed by atoms with van der Waals surface area (Å²) >= 11 is 0. The fourth-order valence-corrected chi connectivity index (χ4v) is 0.919. The maximum Gasteiger partial charge on any atom is 0.194 e. The lowest BCUT2D eigenvalue weighted by Crippen LogP contribution is -1.92. The van der Waals surface area contributed by atoms with Crippen LogP contribution >= 0.6 is 0 Å². The van der Waals surface area contributed by atoms with E-state index in [0.717, 1.165) is 6.07 Å². The summed E-state index contributed by atoms with van der Waals surface area (Å²) in [6, 6.07) is 2.36. The van der Waals surface area contributed by atoms with Crippen molar-refractivity contribution in [3.8, 4) is 11.5 Å². The Hall–Kier alpha value is -1.29. The molecule has 0 heterocycles. The molecule has 12 heavy (non-hydrogen) atoms. The number of phenolic OH excluding ortho intramolecular Hbond substituents is 2. The third-order valence-corrected chi connectivity index (χ3v) is 1.57. The van der Waals surface area contributed by atoms with Gasteiger partial charge in [-0.05, 0) is 12.5 Å². The van der Waals surface area contributed by atoms with E-state index >= 15 is 0 Å². The molecule has 0 saturated heterocycles. The van der Waals surface area contributed by atoms with Crippen LogP contribution in [-0.2, 0) is 6.42 Å². The quantitative estimate of drug-likeness (QED) is 0.577. The maximum atomic E-state index is 12.5. The molecular formula is C8H9FO3. The Morgan fingerprint density at radius 2 is 1.83 bits per heavy atom. The summed E-state index contributed by atoms with van der Waals surface area (Å²) in [5, 5.41) is 26.5. The largest absolute Gasteiger partial charge is 0.504 e. The van der Waals surface area contributed by atoms with Gasteiger partial charge in [0.2, 0.25) is 0 Å². The van der Waals surface area contributed by atoms with Crippen LogP contribution in [0.5, 0.6) is 11.5 Å².